The van der Waals surface area contributed by atoms with E-state index in [0.29, 0.717) is 0 Å². The molecule has 80 valence electrons. The van der Waals surface area contributed by atoms with Crippen molar-refractivity contribution in [2.24, 2.45) is 0 Å². The Labute approximate surface area is 88.5 Å². The zero-order chi connectivity index (χ0) is 10.6. The third-order valence-electron chi connectivity index (χ3n) is 1.68. The van der Waals surface area contributed by atoms with Crippen LogP contribution in [0.1, 0.15) is 32.8 Å². The maximum absolute atomic E-state index is 3.30. The van der Waals surface area contributed by atoms with Crippen molar-refractivity contribution in [3.8, 4) is 0 Å². The van der Waals surface area contributed by atoms with Crippen LogP contribution in [0.25, 0.3) is 0 Å². The lowest BCUT2D eigenvalue weighted by atomic mass is 10.1. The van der Waals surface area contributed by atoms with Crippen LogP contribution in [0, 0.1) is 0 Å². The molecule has 1 N–H and O–H groups in total. The first kappa shape index (κ1) is 13.2. The van der Waals surface area contributed by atoms with Gasteiger partial charge in [-0.15, -0.1) is 0 Å². The normalized spacial score (nSPS) is 9.07. The molecular weight excluding hydrogens is 170 g/mol. The molecule has 1 rings (SSSR count). The minimum Gasteiger partial charge on any atom is -0.317 e. The highest BCUT2D eigenvalue weighted by molar-refractivity contribution is 5.14. The molecule has 0 unspecified atom stereocenters. The zero-order valence-electron chi connectivity index (χ0n) is 9.72. The van der Waals surface area contributed by atoms with Crippen molar-refractivity contribution in [3.05, 3.63) is 35.9 Å². The van der Waals surface area contributed by atoms with Gasteiger partial charge in [0.1, 0.15) is 0 Å². The van der Waals surface area contributed by atoms with Gasteiger partial charge >= 0.3 is 0 Å². The highest BCUT2D eigenvalue weighted by Crippen LogP contribution is 1.97. The van der Waals surface area contributed by atoms with Gasteiger partial charge in [0.15, 0.2) is 0 Å². The summed E-state index contributed by atoms with van der Waals surface area (Å²) < 4.78 is 0. The Kier molecular flexibility index (Phi) is 9.66. The van der Waals surface area contributed by atoms with E-state index in [1.165, 1.54) is 12.0 Å². The average Bonchev–Trinajstić information content (AvgIpc) is 2.21. The number of hydrogen-bond donors (Lipinski definition) is 1. The third kappa shape index (κ3) is 7.81. The van der Waals surface area contributed by atoms with Crippen molar-refractivity contribution >= 4 is 0 Å². The van der Waals surface area contributed by atoms with Gasteiger partial charge in [0.25, 0.3) is 0 Å². The SMILES string of the molecule is CCC.CCNCCc1ccccc1. The summed E-state index contributed by atoms with van der Waals surface area (Å²) in [7, 11) is 0. The monoisotopic (exact) mass is 193 g/mol. The lowest BCUT2D eigenvalue weighted by molar-refractivity contribution is 0.716. The van der Waals surface area contributed by atoms with E-state index in [1.54, 1.807) is 0 Å². The molecule has 0 aliphatic rings. The van der Waals surface area contributed by atoms with E-state index >= 15 is 0 Å². The van der Waals surface area contributed by atoms with Gasteiger partial charge in [-0.2, -0.15) is 0 Å². The maximum Gasteiger partial charge on any atom is -0.000847 e. The number of nitrogens with one attached hydrogen (secondary N) is 1. The molecule has 0 aliphatic heterocycles. The summed E-state index contributed by atoms with van der Waals surface area (Å²) in [6, 6.07) is 10.5. The van der Waals surface area contributed by atoms with Crippen molar-refractivity contribution < 1.29 is 0 Å². The molecule has 0 saturated carbocycles. The van der Waals surface area contributed by atoms with Crippen LogP contribution < -0.4 is 5.32 Å². The van der Waals surface area contributed by atoms with Crippen LogP contribution >= 0.6 is 0 Å². The summed E-state index contributed by atoms with van der Waals surface area (Å²) in [5.41, 5.74) is 1.41. The minimum atomic E-state index is 1.06. The molecule has 0 heterocycles. The molecule has 0 radical (unpaired) electrons. The van der Waals surface area contributed by atoms with Gasteiger partial charge in [-0.3, -0.25) is 0 Å². The maximum atomic E-state index is 3.30. The molecule has 1 aromatic rings. The lowest BCUT2D eigenvalue weighted by Crippen LogP contribution is -2.15. The van der Waals surface area contributed by atoms with Crippen molar-refractivity contribution in [2.45, 2.75) is 33.6 Å². The predicted octanol–water partition coefficient (Wildman–Crippen LogP) is 3.25. The quantitative estimate of drug-likeness (QED) is 0.724. The van der Waals surface area contributed by atoms with Crippen LogP contribution in [0.2, 0.25) is 0 Å². The summed E-state index contributed by atoms with van der Waals surface area (Å²) >= 11 is 0. The van der Waals surface area contributed by atoms with Crippen LogP contribution in [0.3, 0.4) is 0 Å². The predicted molar refractivity (Wildman–Crippen MR) is 64.7 cm³/mol. The molecule has 1 nitrogen and oxygen atoms in total. The number of likely N-dealkylation sites (N-methyl/N-ethyl adjacent to an activating group) is 1. The van der Waals surface area contributed by atoms with E-state index in [0.717, 1.165) is 19.5 Å². The Bertz CT molecular complexity index is 194. The van der Waals surface area contributed by atoms with E-state index in [1.807, 2.05) is 0 Å². The largest absolute Gasteiger partial charge is 0.317 e. The average molecular weight is 193 g/mol. The smallest absolute Gasteiger partial charge is 0.000847 e. The summed E-state index contributed by atoms with van der Waals surface area (Å²) in [6.07, 6.45) is 2.38. The molecular formula is C13H23N. The van der Waals surface area contributed by atoms with Gasteiger partial charge in [0.2, 0.25) is 0 Å². The van der Waals surface area contributed by atoms with Gasteiger partial charge in [-0.25, -0.2) is 0 Å². The van der Waals surface area contributed by atoms with Gasteiger partial charge in [0, 0.05) is 0 Å². The molecule has 0 aliphatic carbocycles. The second kappa shape index (κ2) is 10.3. The Morgan fingerprint density at radius 1 is 1.00 bits per heavy atom. The van der Waals surface area contributed by atoms with E-state index in [2.05, 4.69) is 56.4 Å². The summed E-state index contributed by atoms with van der Waals surface area (Å²) in [4.78, 5) is 0. The van der Waals surface area contributed by atoms with Gasteiger partial charge in [0.05, 0.1) is 0 Å². The van der Waals surface area contributed by atoms with Crippen LogP contribution in [-0.4, -0.2) is 13.1 Å². The summed E-state index contributed by atoms with van der Waals surface area (Å²) in [5, 5.41) is 3.30. The van der Waals surface area contributed by atoms with Gasteiger partial charge < -0.3 is 5.32 Å². The zero-order valence-corrected chi connectivity index (χ0v) is 9.72. The highest BCUT2D eigenvalue weighted by Gasteiger charge is 1.88. The van der Waals surface area contributed by atoms with Crippen molar-refractivity contribution in [2.75, 3.05) is 13.1 Å². The molecule has 0 aromatic heterocycles. The highest BCUT2D eigenvalue weighted by atomic mass is 14.8. The van der Waals surface area contributed by atoms with E-state index in [9.17, 15) is 0 Å². The molecule has 14 heavy (non-hydrogen) atoms. The Hall–Kier alpha value is -0.820. The van der Waals surface area contributed by atoms with Crippen molar-refractivity contribution in [1.29, 1.82) is 0 Å². The van der Waals surface area contributed by atoms with Gasteiger partial charge in [-0.05, 0) is 25.1 Å². The Morgan fingerprint density at radius 2 is 1.57 bits per heavy atom. The first-order chi connectivity index (χ1) is 6.85. The Morgan fingerprint density at radius 3 is 2.07 bits per heavy atom. The van der Waals surface area contributed by atoms with Crippen molar-refractivity contribution in [1.82, 2.24) is 5.32 Å². The summed E-state index contributed by atoms with van der Waals surface area (Å²) in [5.74, 6) is 0. The molecule has 0 amide bonds. The van der Waals surface area contributed by atoms with Crippen LogP contribution in [0.5, 0.6) is 0 Å². The van der Waals surface area contributed by atoms with E-state index in [4.69, 9.17) is 0 Å². The number of benzene rings is 1. The fourth-order valence-corrected chi connectivity index (χ4v) is 1.05. The van der Waals surface area contributed by atoms with E-state index < -0.39 is 0 Å². The molecule has 0 spiro atoms. The fraction of sp³-hybridized carbons (Fsp3) is 0.538. The molecule has 1 heteroatoms. The lowest BCUT2D eigenvalue weighted by Gasteiger charge is -2.00. The van der Waals surface area contributed by atoms with Crippen LogP contribution in [-0.2, 0) is 6.42 Å². The molecule has 0 atom stereocenters. The third-order valence-corrected chi connectivity index (χ3v) is 1.68. The first-order valence-electron chi connectivity index (χ1n) is 5.59. The number of rotatable bonds is 4. The minimum absolute atomic E-state index is 1.06. The van der Waals surface area contributed by atoms with Crippen LogP contribution in [0.15, 0.2) is 30.3 Å². The first-order valence-corrected chi connectivity index (χ1v) is 5.59. The standard InChI is InChI=1S/C10H15N.C3H8/c1-2-11-9-8-10-6-4-3-5-7-10;1-3-2/h3-7,11H,2,8-9H2,1H3;3H2,1-2H3. The second-order valence-corrected chi connectivity index (χ2v) is 3.30. The second-order valence-electron chi connectivity index (χ2n) is 3.30. The van der Waals surface area contributed by atoms with E-state index in [-0.39, 0.29) is 0 Å². The molecule has 0 fully saturated rings. The molecule has 0 bridgehead atoms. The fourth-order valence-electron chi connectivity index (χ4n) is 1.05. The molecule has 1 aromatic carbocycles. The summed E-state index contributed by atoms with van der Waals surface area (Å²) in [6.45, 7) is 8.53. The van der Waals surface area contributed by atoms with Crippen LogP contribution in [0.4, 0.5) is 0 Å². The topological polar surface area (TPSA) is 12.0 Å². The Balaban J connectivity index is 0.000000500. The number of hydrogen-bond acceptors (Lipinski definition) is 1. The van der Waals surface area contributed by atoms with Gasteiger partial charge in [-0.1, -0.05) is 57.5 Å². The molecule has 0 saturated heterocycles. The van der Waals surface area contributed by atoms with Crippen molar-refractivity contribution in [3.63, 3.8) is 0 Å².